The zero-order valence-electron chi connectivity index (χ0n) is 9.25. The molecule has 2 N–H and O–H groups in total. The Bertz CT molecular complexity index is 330. The molecule has 0 saturated heterocycles. The number of hydrogen-bond donors (Lipinski definition) is 1. The predicted octanol–water partition coefficient (Wildman–Crippen LogP) is 2.21. The average molecular weight is 193 g/mol. The van der Waals surface area contributed by atoms with E-state index in [1.54, 1.807) is 6.20 Å². The van der Waals surface area contributed by atoms with E-state index in [9.17, 15) is 0 Å². The molecule has 78 valence electrons. The summed E-state index contributed by atoms with van der Waals surface area (Å²) in [7, 11) is 0. The zero-order valence-corrected chi connectivity index (χ0v) is 9.25. The Morgan fingerprint density at radius 1 is 1.57 bits per heavy atom. The van der Waals surface area contributed by atoms with E-state index in [-0.39, 0.29) is 0 Å². The summed E-state index contributed by atoms with van der Waals surface area (Å²) in [4.78, 5) is 0. The molecule has 0 aliphatic heterocycles. The largest absolute Gasteiger partial charge is 0.396 e. The van der Waals surface area contributed by atoms with Gasteiger partial charge in [-0.3, -0.25) is 4.68 Å². The van der Waals surface area contributed by atoms with Crippen molar-refractivity contribution in [2.45, 2.75) is 40.2 Å². The highest BCUT2D eigenvalue weighted by atomic mass is 15.3. The minimum Gasteiger partial charge on any atom is -0.396 e. The number of nitrogens with zero attached hydrogens (tertiary/aromatic N) is 2. The van der Waals surface area contributed by atoms with E-state index in [2.05, 4.69) is 18.9 Å². The van der Waals surface area contributed by atoms with Gasteiger partial charge < -0.3 is 5.73 Å². The van der Waals surface area contributed by atoms with Crippen molar-refractivity contribution in [1.29, 1.82) is 0 Å². The lowest BCUT2D eigenvalue weighted by molar-refractivity contribution is 0.0795. The molecule has 1 saturated carbocycles. The third-order valence-corrected chi connectivity index (χ3v) is 3.25. The summed E-state index contributed by atoms with van der Waals surface area (Å²) in [6.45, 7) is 7.72. The molecule has 1 aliphatic carbocycles. The normalized spacial score (nSPS) is 20.8. The Balaban J connectivity index is 1.97. The van der Waals surface area contributed by atoms with Crippen LogP contribution >= 0.6 is 0 Å². The molecule has 0 amide bonds. The molecule has 0 unspecified atom stereocenters. The summed E-state index contributed by atoms with van der Waals surface area (Å²) >= 11 is 0. The molecule has 1 aliphatic rings. The maximum absolute atomic E-state index is 5.75. The second-order valence-corrected chi connectivity index (χ2v) is 5.31. The van der Waals surface area contributed by atoms with Crippen LogP contribution in [0.3, 0.4) is 0 Å². The highest BCUT2D eigenvalue weighted by Crippen LogP contribution is 2.45. The third kappa shape index (κ3) is 1.63. The first-order chi connectivity index (χ1) is 6.48. The molecule has 3 heteroatoms. The van der Waals surface area contributed by atoms with Gasteiger partial charge in [0.1, 0.15) is 0 Å². The quantitative estimate of drug-likeness (QED) is 0.782. The lowest BCUT2D eigenvalue weighted by Crippen LogP contribution is -2.34. The van der Waals surface area contributed by atoms with Crippen molar-refractivity contribution < 1.29 is 0 Å². The van der Waals surface area contributed by atoms with Crippen molar-refractivity contribution >= 4 is 5.69 Å². The van der Waals surface area contributed by atoms with Gasteiger partial charge in [0.25, 0.3) is 0 Å². The summed E-state index contributed by atoms with van der Waals surface area (Å²) in [6, 6.07) is 0. The summed E-state index contributed by atoms with van der Waals surface area (Å²) in [5, 5.41) is 4.28. The van der Waals surface area contributed by atoms with E-state index in [1.165, 1.54) is 12.8 Å². The van der Waals surface area contributed by atoms with Gasteiger partial charge in [-0.1, -0.05) is 13.8 Å². The van der Waals surface area contributed by atoms with Gasteiger partial charge in [-0.25, -0.2) is 0 Å². The molecule has 0 spiro atoms. The van der Waals surface area contributed by atoms with Gasteiger partial charge in [0.05, 0.1) is 17.6 Å². The number of hydrogen-bond acceptors (Lipinski definition) is 2. The van der Waals surface area contributed by atoms with Crippen molar-refractivity contribution in [2.24, 2.45) is 11.3 Å². The summed E-state index contributed by atoms with van der Waals surface area (Å²) < 4.78 is 2.04. The van der Waals surface area contributed by atoms with Crippen molar-refractivity contribution in [1.82, 2.24) is 9.78 Å². The maximum atomic E-state index is 5.75. The van der Waals surface area contributed by atoms with Gasteiger partial charge in [0, 0.05) is 6.54 Å². The molecule has 3 nitrogen and oxygen atoms in total. The topological polar surface area (TPSA) is 43.8 Å². The van der Waals surface area contributed by atoms with E-state index in [0.29, 0.717) is 5.41 Å². The highest BCUT2D eigenvalue weighted by molar-refractivity contribution is 5.39. The SMILES string of the molecule is Cc1c(N)cnn1CC1CC(C)(C)C1. The van der Waals surface area contributed by atoms with E-state index >= 15 is 0 Å². The Morgan fingerprint density at radius 3 is 2.64 bits per heavy atom. The minimum atomic E-state index is 0.553. The van der Waals surface area contributed by atoms with Gasteiger partial charge >= 0.3 is 0 Å². The lowest BCUT2D eigenvalue weighted by atomic mass is 9.64. The van der Waals surface area contributed by atoms with Gasteiger partial charge in [-0.15, -0.1) is 0 Å². The van der Waals surface area contributed by atoms with Crippen LogP contribution in [0.2, 0.25) is 0 Å². The molecule has 0 radical (unpaired) electrons. The number of aromatic nitrogens is 2. The Kier molecular flexibility index (Phi) is 2.05. The van der Waals surface area contributed by atoms with Crippen LogP contribution < -0.4 is 5.73 Å². The summed E-state index contributed by atoms with van der Waals surface area (Å²) in [6.07, 6.45) is 4.37. The van der Waals surface area contributed by atoms with E-state index in [1.807, 2.05) is 11.6 Å². The van der Waals surface area contributed by atoms with Gasteiger partial charge in [-0.05, 0) is 31.1 Å². The molecule has 1 heterocycles. The van der Waals surface area contributed by atoms with Crippen LogP contribution in [0.5, 0.6) is 0 Å². The van der Waals surface area contributed by atoms with Crippen LogP contribution in [0.4, 0.5) is 5.69 Å². The van der Waals surface area contributed by atoms with Gasteiger partial charge in [0.2, 0.25) is 0 Å². The summed E-state index contributed by atoms with van der Waals surface area (Å²) in [5.74, 6) is 0.794. The number of rotatable bonds is 2. The number of nitrogen functional groups attached to an aromatic ring is 1. The van der Waals surface area contributed by atoms with E-state index in [4.69, 9.17) is 5.73 Å². The molecule has 0 aromatic carbocycles. The fourth-order valence-corrected chi connectivity index (χ4v) is 2.52. The minimum absolute atomic E-state index is 0.553. The lowest BCUT2D eigenvalue weighted by Gasteiger charge is -2.42. The second-order valence-electron chi connectivity index (χ2n) is 5.31. The van der Waals surface area contributed by atoms with Crippen molar-refractivity contribution in [2.75, 3.05) is 5.73 Å². The van der Waals surface area contributed by atoms with Crippen LogP contribution in [0.15, 0.2) is 6.20 Å². The standard InChI is InChI=1S/C11H19N3/c1-8-10(12)6-13-14(8)7-9-4-11(2,3)5-9/h6,9H,4-5,7,12H2,1-3H3. The summed E-state index contributed by atoms with van der Waals surface area (Å²) in [5.41, 5.74) is 8.21. The van der Waals surface area contributed by atoms with Crippen molar-refractivity contribution in [3.8, 4) is 0 Å². The Labute approximate surface area is 85.3 Å². The molecular formula is C11H19N3. The molecule has 0 bridgehead atoms. The molecule has 1 fully saturated rings. The first-order valence-electron chi connectivity index (χ1n) is 5.26. The zero-order chi connectivity index (χ0) is 10.3. The fourth-order valence-electron chi connectivity index (χ4n) is 2.52. The first kappa shape index (κ1) is 9.56. The Hall–Kier alpha value is -0.990. The van der Waals surface area contributed by atoms with Crippen LogP contribution in [0, 0.1) is 18.3 Å². The van der Waals surface area contributed by atoms with Crippen LogP contribution in [0.25, 0.3) is 0 Å². The van der Waals surface area contributed by atoms with Crippen LogP contribution in [0.1, 0.15) is 32.4 Å². The third-order valence-electron chi connectivity index (χ3n) is 3.25. The molecule has 0 atom stereocenters. The van der Waals surface area contributed by atoms with E-state index < -0.39 is 0 Å². The monoisotopic (exact) mass is 193 g/mol. The fraction of sp³-hybridized carbons (Fsp3) is 0.727. The highest BCUT2D eigenvalue weighted by Gasteiger charge is 2.36. The second kappa shape index (κ2) is 3.01. The van der Waals surface area contributed by atoms with Crippen LogP contribution in [-0.2, 0) is 6.54 Å². The number of nitrogens with two attached hydrogens (primary N) is 1. The molecule has 2 rings (SSSR count). The molecular weight excluding hydrogens is 174 g/mol. The van der Waals surface area contributed by atoms with Gasteiger partial charge in [0.15, 0.2) is 0 Å². The maximum Gasteiger partial charge on any atom is 0.0730 e. The first-order valence-corrected chi connectivity index (χ1v) is 5.26. The molecule has 1 aromatic heterocycles. The molecule has 1 aromatic rings. The van der Waals surface area contributed by atoms with Crippen molar-refractivity contribution in [3.63, 3.8) is 0 Å². The number of anilines is 1. The average Bonchev–Trinajstić information content (AvgIpc) is 2.33. The van der Waals surface area contributed by atoms with Gasteiger partial charge in [-0.2, -0.15) is 5.10 Å². The van der Waals surface area contributed by atoms with Crippen molar-refractivity contribution in [3.05, 3.63) is 11.9 Å². The smallest absolute Gasteiger partial charge is 0.0730 e. The Morgan fingerprint density at radius 2 is 2.21 bits per heavy atom. The van der Waals surface area contributed by atoms with Crippen LogP contribution in [-0.4, -0.2) is 9.78 Å². The molecule has 14 heavy (non-hydrogen) atoms. The van der Waals surface area contributed by atoms with E-state index in [0.717, 1.165) is 23.8 Å². The predicted molar refractivity (Wildman–Crippen MR) is 57.9 cm³/mol.